The van der Waals surface area contributed by atoms with Crippen LogP contribution in [-0.4, -0.2) is 32.3 Å². The van der Waals surface area contributed by atoms with Gasteiger partial charge in [-0.25, -0.2) is 13.1 Å². The van der Waals surface area contributed by atoms with Crippen LogP contribution >= 0.6 is 0 Å². The average Bonchev–Trinajstić information content (AvgIpc) is 2.85. The summed E-state index contributed by atoms with van der Waals surface area (Å²) in [5, 5.41) is 5.86. The molecular weight excluding hydrogens is 402 g/mol. The topological polar surface area (TPSA) is 104 Å². The largest absolute Gasteiger partial charge is 0.351 e. The van der Waals surface area contributed by atoms with Crippen molar-refractivity contribution in [1.29, 1.82) is 0 Å². The molecule has 0 saturated heterocycles. The molecule has 1 fully saturated rings. The lowest BCUT2D eigenvalue weighted by atomic mass is 9.81. The third-order valence-electron chi connectivity index (χ3n) is 5.79. The number of aryl methyl sites for hydroxylation is 1. The fourth-order valence-electron chi connectivity index (χ4n) is 4.13. The number of anilines is 1. The van der Waals surface area contributed by atoms with Gasteiger partial charge in [0, 0.05) is 30.1 Å². The summed E-state index contributed by atoms with van der Waals surface area (Å²) in [5.41, 5.74) is 1.32. The first-order chi connectivity index (χ1) is 14.0. The minimum atomic E-state index is -3.61. The molecule has 3 rings (SSSR count). The van der Waals surface area contributed by atoms with E-state index in [0.717, 1.165) is 31.2 Å². The molecule has 1 heterocycles. The lowest BCUT2D eigenvalue weighted by molar-refractivity contribution is -0.127. The molecule has 0 bridgehead atoms. The third-order valence-corrected chi connectivity index (χ3v) is 7.21. The molecule has 1 aliphatic heterocycles. The summed E-state index contributed by atoms with van der Waals surface area (Å²) < 4.78 is 28.3. The fraction of sp³-hybridized carbons (Fsp3) is 0.636. The number of carbonyl (C=O) groups is 2. The molecule has 0 radical (unpaired) electrons. The molecule has 0 unspecified atom stereocenters. The molecule has 2 aliphatic rings. The van der Waals surface area contributed by atoms with E-state index in [9.17, 15) is 18.0 Å². The fourth-order valence-corrected chi connectivity index (χ4v) is 5.30. The van der Waals surface area contributed by atoms with Crippen molar-refractivity contribution in [3.8, 4) is 0 Å². The van der Waals surface area contributed by atoms with Crippen molar-refractivity contribution in [3.05, 3.63) is 23.8 Å². The molecule has 0 atom stereocenters. The van der Waals surface area contributed by atoms with Gasteiger partial charge in [-0.05, 0) is 89.0 Å². The number of sulfonamides is 1. The molecule has 1 saturated carbocycles. The Morgan fingerprint density at radius 1 is 1.13 bits per heavy atom. The van der Waals surface area contributed by atoms with E-state index in [1.54, 1.807) is 18.2 Å². The van der Waals surface area contributed by atoms with Crippen molar-refractivity contribution in [1.82, 2.24) is 10.0 Å². The van der Waals surface area contributed by atoms with Crippen LogP contribution in [-0.2, 0) is 26.0 Å². The Kier molecular flexibility index (Phi) is 6.87. The second-order valence-corrected chi connectivity index (χ2v) is 11.3. The first-order valence-corrected chi connectivity index (χ1v) is 12.3. The Morgan fingerprint density at radius 2 is 1.83 bits per heavy atom. The van der Waals surface area contributed by atoms with Crippen molar-refractivity contribution in [2.45, 2.75) is 76.2 Å². The van der Waals surface area contributed by atoms with Crippen molar-refractivity contribution >= 4 is 27.5 Å². The van der Waals surface area contributed by atoms with E-state index in [-0.39, 0.29) is 34.1 Å². The van der Waals surface area contributed by atoms with Crippen LogP contribution in [0.15, 0.2) is 23.1 Å². The third kappa shape index (κ3) is 6.04. The minimum Gasteiger partial charge on any atom is -0.351 e. The van der Waals surface area contributed by atoms with E-state index in [1.807, 2.05) is 20.8 Å². The Bertz CT molecular complexity index is 897. The summed E-state index contributed by atoms with van der Waals surface area (Å²) in [5.74, 6) is 0.309. The smallest absolute Gasteiger partial charge is 0.240 e. The maximum Gasteiger partial charge on any atom is 0.240 e. The standard InChI is InChI=1S/C22H33N3O4S/c1-22(2,3)25-21(27)16-9-7-15(8-10-16)14-23-30(28,29)18-11-12-19-17(13-18)5-4-6-20(26)24-19/h11-13,15-16,23H,4-10,14H2,1-3H3,(H,24,26)(H,25,27). The first-order valence-electron chi connectivity index (χ1n) is 10.8. The summed E-state index contributed by atoms with van der Waals surface area (Å²) in [6, 6.07) is 4.88. The highest BCUT2D eigenvalue weighted by atomic mass is 32.2. The van der Waals surface area contributed by atoms with E-state index in [4.69, 9.17) is 0 Å². The van der Waals surface area contributed by atoms with Gasteiger partial charge in [0.25, 0.3) is 0 Å². The van der Waals surface area contributed by atoms with Crippen LogP contribution in [0, 0.1) is 11.8 Å². The van der Waals surface area contributed by atoms with Crippen molar-refractivity contribution in [2.75, 3.05) is 11.9 Å². The molecule has 1 aromatic carbocycles. The monoisotopic (exact) mass is 435 g/mol. The van der Waals surface area contributed by atoms with Gasteiger partial charge in [-0.2, -0.15) is 0 Å². The number of hydrogen-bond acceptors (Lipinski definition) is 4. The molecule has 0 aromatic heterocycles. The molecule has 30 heavy (non-hydrogen) atoms. The second kappa shape index (κ2) is 9.06. The van der Waals surface area contributed by atoms with E-state index in [0.29, 0.717) is 31.5 Å². The van der Waals surface area contributed by atoms with Crippen LogP contribution in [0.25, 0.3) is 0 Å². The van der Waals surface area contributed by atoms with Gasteiger partial charge >= 0.3 is 0 Å². The number of hydrogen-bond donors (Lipinski definition) is 3. The van der Waals surface area contributed by atoms with Gasteiger partial charge in [0.1, 0.15) is 0 Å². The molecule has 0 spiro atoms. The van der Waals surface area contributed by atoms with Gasteiger partial charge < -0.3 is 10.6 Å². The van der Waals surface area contributed by atoms with Gasteiger partial charge in [-0.1, -0.05) is 0 Å². The lowest BCUT2D eigenvalue weighted by Crippen LogP contribution is -2.45. The summed E-state index contributed by atoms with van der Waals surface area (Å²) >= 11 is 0. The highest BCUT2D eigenvalue weighted by Crippen LogP contribution is 2.30. The van der Waals surface area contributed by atoms with Crippen LogP contribution in [0.3, 0.4) is 0 Å². The van der Waals surface area contributed by atoms with Gasteiger partial charge in [0.2, 0.25) is 21.8 Å². The van der Waals surface area contributed by atoms with Crippen LogP contribution in [0.2, 0.25) is 0 Å². The Morgan fingerprint density at radius 3 is 2.50 bits per heavy atom. The van der Waals surface area contributed by atoms with E-state index < -0.39 is 10.0 Å². The number of rotatable bonds is 5. The number of benzene rings is 1. The Balaban J connectivity index is 1.54. The summed E-state index contributed by atoms with van der Waals surface area (Å²) in [6.07, 6.45) is 5.08. The zero-order chi connectivity index (χ0) is 21.9. The Labute approximate surface area is 179 Å². The molecule has 3 N–H and O–H groups in total. The summed E-state index contributed by atoms with van der Waals surface area (Å²) in [7, 11) is -3.61. The quantitative estimate of drug-likeness (QED) is 0.661. The second-order valence-electron chi connectivity index (χ2n) is 9.53. The zero-order valence-electron chi connectivity index (χ0n) is 18.1. The normalized spacial score (nSPS) is 22.6. The lowest BCUT2D eigenvalue weighted by Gasteiger charge is -2.30. The number of fused-ring (bicyclic) bond motifs is 1. The minimum absolute atomic E-state index is 0.0110. The van der Waals surface area contributed by atoms with Gasteiger partial charge in [-0.3, -0.25) is 9.59 Å². The first kappa shape index (κ1) is 22.7. The highest BCUT2D eigenvalue weighted by molar-refractivity contribution is 7.89. The number of nitrogens with one attached hydrogen (secondary N) is 3. The maximum absolute atomic E-state index is 12.8. The zero-order valence-corrected chi connectivity index (χ0v) is 18.9. The van der Waals surface area contributed by atoms with Crippen LogP contribution in [0.1, 0.15) is 64.9 Å². The van der Waals surface area contributed by atoms with Crippen LogP contribution in [0.4, 0.5) is 5.69 Å². The molecule has 8 heteroatoms. The Hall–Kier alpha value is -1.93. The van der Waals surface area contributed by atoms with Crippen LogP contribution < -0.4 is 15.4 Å². The highest BCUT2D eigenvalue weighted by Gasteiger charge is 2.29. The summed E-state index contributed by atoms with van der Waals surface area (Å²) in [6.45, 7) is 6.30. The number of amides is 2. The molecular formula is C22H33N3O4S. The van der Waals surface area contributed by atoms with E-state index in [1.165, 1.54) is 0 Å². The molecule has 1 aromatic rings. The predicted molar refractivity (Wildman–Crippen MR) is 117 cm³/mol. The van der Waals surface area contributed by atoms with Crippen molar-refractivity contribution in [3.63, 3.8) is 0 Å². The van der Waals surface area contributed by atoms with Gasteiger partial charge in [0.05, 0.1) is 4.90 Å². The molecule has 166 valence electrons. The molecule has 2 amide bonds. The summed E-state index contributed by atoms with van der Waals surface area (Å²) in [4.78, 5) is 24.2. The van der Waals surface area contributed by atoms with Crippen molar-refractivity contribution < 1.29 is 18.0 Å². The molecule has 1 aliphatic carbocycles. The molecule has 7 nitrogen and oxygen atoms in total. The van der Waals surface area contributed by atoms with Gasteiger partial charge in [-0.15, -0.1) is 0 Å². The SMILES string of the molecule is CC(C)(C)NC(=O)C1CCC(CNS(=O)(=O)c2ccc3c(c2)CCCC(=O)N3)CC1. The van der Waals surface area contributed by atoms with Gasteiger partial charge in [0.15, 0.2) is 0 Å². The average molecular weight is 436 g/mol. The number of carbonyl (C=O) groups excluding carboxylic acids is 2. The maximum atomic E-state index is 12.8. The van der Waals surface area contributed by atoms with Crippen LogP contribution in [0.5, 0.6) is 0 Å². The van der Waals surface area contributed by atoms with Crippen molar-refractivity contribution in [2.24, 2.45) is 11.8 Å². The van der Waals surface area contributed by atoms with E-state index >= 15 is 0 Å². The predicted octanol–water partition coefficient (Wildman–Crippen LogP) is 2.96. The van der Waals surface area contributed by atoms with E-state index in [2.05, 4.69) is 15.4 Å².